The van der Waals surface area contributed by atoms with Crippen molar-refractivity contribution in [1.82, 2.24) is 14.2 Å². The molecule has 4 rings (SSSR count). The molecule has 1 fully saturated rings. The van der Waals surface area contributed by atoms with Crippen LogP contribution in [0.25, 0.3) is 0 Å². The Bertz CT molecular complexity index is 1220. The molecule has 1 aromatic heterocycles. The van der Waals surface area contributed by atoms with Gasteiger partial charge in [0.15, 0.2) is 0 Å². The minimum atomic E-state index is -4.00. The van der Waals surface area contributed by atoms with Crippen LogP contribution in [0.2, 0.25) is 5.02 Å². The highest BCUT2D eigenvalue weighted by atomic mass is 35.5. The van der Waals surface area contributed by atoms with Crippen LogP contribution in [0.1, 0.15) is 11.3 Å². The van der Waals surface area contributed by atoms with Gasteiger partial charge in [-0.15, -0.1) is 0 Å². The Morgan fingerprint density at radius 2 is 1.89 bits per heavy atom. The molecule has 1 aliphatic heterocycles. The molecule has 1 saturated heterocycles. The van der Waals surface area contributed by atoms with Gasteiger partial charge in [0.1, 0.15) is 18.2 Å². The second kappa shape index (κ2) is 11.9. The summed E-state index contributed by atoms with van der Waals surface area (Å²) in [5.74, 6) is -0.0143. The van der Waals surface area contributed by atoms with Gasteiger partial charge in [0.05, 0.1) is 35.4 Å². The van der Waals surface area contributed by atoms with E-state index in [-0.39, 0.29) is 23.0 Å². The predicted molar refractivity (Wildman–Crippen MR) is 131 cm³/mol. The third kappa shape index (κ3) is 6.99. The zero-order valence-electron chi connectivity index (χ0n) is 19.1. The van der Waals surface area contributed by atoms with Crippen LogP contribution in [0.4, 0.5) is 4.39 Å². The Hall–Kier alpha value is -2.56. The molecule has 2 aromatic carbocycles. The van der Waals surface area contributed by atoms with Crippen molar-refractivity contribution in [2.24, 2.45) is 0 Å². The van der Waals surface area contributed by atoms with Crippen LogP contribution in [-0.2, 0) is 27.8 Å². The van der Waals surface area contributed by atoms with E-state index in [9.17, 15) is 12.8 Å². The summed E-state index contributed by atoms with van der Waals surface area (Å²) in [5, 5.41) is -0.250. The van der Waals surface area contributed by atoms with E-state index in [2.05, 4.69) is 9.88 Å². The number of benzene rings is 2. The van der Waals surface area contributed by atoms with Crippen molar-refractivity contribution in [3.8, 4) is 5.75 Å². The molecule has 0 N–H and O–H groups in total. The summed E-state index contributed by atoms with van der Waals surface area (Å²) < 4.78 is 53.3. The van der Waals surface area contributed by atoms with Gasteiger partial charge >= 0.3 is 0 Å². The van der Waals surface area contributed by atoms with Gasteiger partial charge in [0.25, 0.3) is 0 Å². The van der Waals surface area contributed by atoms with Crippen LogP contribution < -0.4 is 4.74 Å². The van der Waals surface area contributed by atoms with E-state index >= 15 is 0 Å². The highest BCUT2D eigenvalue weighted by Gasteiger charge is 2.26. The van der Waals surface area contributed by atoms with E-state index in [4.69, 9.17) is 21.1 Å². The summed E-state index contributed by atoms with van der Waals surface area (Å²) in [6.07, 6.45) is 1.61. The number of hydrogen-bond acceptors (Lipinski definition) is 6. The molecule has 0 aliphatic carbocycles. The number of nitrogens with zero attached hydrogens (tertiary/aromatic N) is 3. The summed E-state index contributed by atoms with van der Waals surface area (Å²) in [6.45, 7) is 4.67. The van der Waals surface area contributed by atoms with Crippen molar-refractivity contribution in [3.05, 3.63) is 89.0 Å². The fourth-order valence-corrected chi connectivity index (χ4v) is 5.41. The molecule has 10 heteroatoms. The number of halogens is 2. The van der Waals surface area contributed by atoms with E-state index < -0.39 is 15.8 Å². The van der Waals surface area contributed by atoms with E-state index in [1.165, 1.54) is 10.4 Å². The van der Waals surface area contributed by atoms with Crippen molar-refractivity contribution < 1.29 is 22.3 Å². The number of sulfonamides is 1. The van der Waals surface area contributed by atoms with Crippen molar-refractivity contribution in [3.63, 3.8) is 0 Å². The van der Waals surface area contributed by atoms with Crippen LogP contribution in [0, 0.1) is 5.82 Å². The van der Waals surface area contributed by atoms with E-state index in [0.29, 0.717) is 18.1 Å². The Morgan fingerprint density at radius 1 is 1.06 bits per heavy atom. The molecule has 0 saturated carbocycles. The predicted octanol–water partition coefficient (Wildman–Crippen LogP) is 3.98. The summed E-state index contributed by atoms with van der Waals surface area (Å²) in [4.78, 5) is 6.47. The minimum absolute atomic E-state index is 0.0419. The SMILES string of the molecule is O=S(=O)(c1ccc(F)c(Cl)c1)N(Cc1cccc(OCCN2CCOCC2)c1)Cc1ccccn1. The smallest absolute Gasteiger partial charge is 0.243 e. The Morgan fingerprint density at radius 3 is 2.63 bits per heavy atom. The standard InChI is InChI=1S/C25H27ClFN3O4S/c26-24-17-23(7-8-25(24)27)35(31,32)30(19-21-5-1-2-9-28-21)18-20-4-3-6-22(16-20)34-15-12-29-10-13-33-14-11-29/h1-9,16-17H,10-15,18-19H2. The molecule has 2 heterocycles. The molecule has 0 bridgehead atoms. The Labute approximate surface area is 210 Å². The fraction of sp³-hybridized carbons (Fsp3) is 0.320. The van der Waals surface area contributed by atoms with E-state index in [1.54, 1.807) is 24.4 Å². The molecule has 3 aromatic rings. The molecule has 186 valence electrons. The number of ether oxygens (including phenoxy) is 2. The minimum Gasteiger partial charge on any atom is -0.492 e. The van der Waals surface area contributed by atoms with Gasteiger partial charge in [0, 0.05) is 32.4 Å². The third-order valence-corrected chi connectivity index (χ3v) is 7.71. The second-order valence-electron chi connectivity index (χ2n) is 8.12. The van der Waals surface area contributed by atoms with Crippen molar-refractivity contribution in [2.45, 2.75) is 18.0 Å². The van der Waals surface area contributed by atoms with Gasteiger partial charge in [-0.3, -0.25) is 9.88 Å². The number of hydrogen-bond donors (Lipinski definition) is 0. The van der Waals surface area contributed by atoms with Crippen molar-refractivity contribution >= 4 is 21.6 Å². The lowest BCUT2D eigenvalue weighted by atomic mass is 10.2. The molecular formula is C25H27ClFN3O4S. The molecule has 35 heavy (non-hydrogen) atoms. The van der Waals surface area contributed by atoms with Crippen LogP contribution in [0.5, 0.6) is 5.75 Å². The Kier molecular flexibility index (Phi) is 8.69. The maximum atomic E-state index is 13.7. The van der Waals surface area contributed by atoms with E-state index in [1.807, 2.05) is 24.3 Å². The maximum absolute atomic E-state index is 13.7. The quantitative estimate of drug-likeness (QED) is 0.403. The zero-order valence-corrected chi connectivity index (χ0v) is 20.7. The van der Waals surface area contributed by atoms with Gasteiger partial charge in [-0.2, -0.15) is 4.31 Å². The van der Waals surface area contributed by atoms with Crippen molar-refractivity contribution in [1.29, 1.82) is 0 Å². The van der Waals surface area contributed by atoms with Crippen LogP contribution >= 0.6 is 11.6 Å². The molecule has 0 unspecified atom stereocenters. The Balaban J connectivity index is 1.51. The van der Waals surface area contributed by atoms with Gasteiger partial charge in [-0.1, -0.05) is 29.8 Å². The number of pyridine rings is 1. The van der Waals surface area contributed by atoms with Crippen LogP contribution in [0.15, 0.2) is 71.8 Å². The average Bonchev–Trinajstić information content (AvgIpc) is 2.87. The average molecular weight is 520 g/mol. The maximum Gasteiger partial charge on any atom is 0.243 e. The first-order chi connectivity index (χ1) is 16.9. The first kappa shape index (κ1) is 25.5. The van der Waals surface area contributed by atoms with Gasteiger partial charge < -0.3 is 9.47 Å². The molecule has 0 amide bonds. The first-order valence-corrected chi connectivity index (χ1v) is 13.1. The summed E-state index contributed by atoms with van der Waals surface area (Å²) in [5.41, 5.74) is 1.34. The lowest BCUT2D eigenvalue weighted by molar-refractivity contribution is 0.0322. The summed E-state index contributed by atoms with van der Waals surface area (Å²) in [6, 6.07) is 16.1. The van der Waals surface area contributed by atoms with E-state index in [0.717, 1.165) is 50.5 Å². The molecule has 0 radical (unpaired) electrons. The summed E-state index contributed by atoms with van der Waals surface area (Å²) in [7, 11) is -4.00. The second-order valence-corrected chi connectivity index (χ2v) is 10.5. The zero-order chi connectivity index (χ0) is 24.7. The first-order valence-electron chi connectivity index (χ1n) is 11.3. The molecule has 0 atom stereocenters. The number of morpholine rings is 1. The van der Waals surface area contributed by atoms with Gasteiger partial charge in [-0.05, 0) is 48.0 Å². The highest BCUT2D eigenvalue weighted by Crippen LogP contribution is 2.26. The fourth-order valence-electron chi connectivity index (χ4n) is 3.74. The van der Waals surface area contributed by atoms with Crippen LogP contribution in [0.3, 0.4) is 0 Å². The lowest BCUT2D eigenvalue weighted by Gasteiger charge is -2.26. The number of rotatable bonds is 10. The topological polar surface area (TPSA) is 72.0 Å². The monoisotopic (exact) mass is 519 g/mol. The van der Waals surface area contributed by atoms with Gasteiger partial charge in [-0.25, -0.2) is 12.8 Å². The highest BCUT2D eigenvalue weighted by molar-refractivity contribution is 7.89. The van der Waals surface area contributed by atoms with Gasteiger partial charge in [0.2, 0.25) is 10.0 Å². The largest absolute Gasteiger partial charge is 0.492 e. The normalized spacial score (nSPS) is 14.8. The molecular weight excluding hydrogens is 493 g/mol. The molecule has 0 spiro atoms. The van der Waals surface area contributed by atoms with Crippen molar-refractivity contribution in [2.75, 3.05) is 39.5 Å². The third-order valence-electron chi connectivity index (χ3n) is 5.63. The summed E-state index contributed by atoms with van der Waals surface area (Å²) >= 11 is 5.87. The molecule has 7 nitrogen and oxygen atoms in total. The number of aromatic nitrogens is 1. The lowest BCUT2D eigenvalue weighted by Crippen LogP contribution is -2.38. The van der Waals surface area contributed by atoms with Crippen LogP contribution in [-0.4, -0.2) is 62.1 Å². The molecule has 1 aliphatic rings.